The largest absolute Gasteiger partial charge is 0.485 e. The Labute approximate surface area is 198 Å². The highest BCUT2D eigenvalue weighted by molar-refractivity contribution is 6.74. The Balaban J connectivity index is 2.79. The van der Waals surface area contributed by atoms with Crippen molar-refractivity contribution in [3.63, 3.8) is 0 Å². The third-order valence-electron chi connectivity index (χ3n) is 6.52. The zero-order valence-corrected chi connectivity index (χ0v) is 23.6. The Kier molecular flexibility index (Phi) is 9.82. The van der Waals surface area contributed by atoms with Crippen molar-refractivity contribution in [2.45, 2.75) is 77.8 Å². The molecular weight excluding hydrogens is 469 g/mol. The average molecular weight is 509 g/mol. The Morgan fingerprint density at radius 1 is 0.788 bits per heavy atom. The standard InChI is InChI=1S/C23H39F3O5Si2/c1-22(2,3)32(7,8)30-13-11-28-20-18(25)16(15-17(24)19(20)26)21(27)29-12-14-31-33(9,10)23(4,5)6/h15H,11-14H2,1-10H3. The molecule has 0 atom stereocenters. The van der Waals surface area contributed by atoms with E-state index in [1.165, 1.54) is 0 Å². The van der Waals surface area contributed by atoms with Crippen molar-refractivity contribution in [2.24, 2.45) is 0 Å². The van der Waals surface area contributed by atoms with Crippen molar-refractivity contribution in [1.29, 1.82) is 0 Å². The Bertz CT molecular complexity index is 831. The lowest BCUT2D eigenvalue weighted by Crippen LogP contribution is -2.41. The highest BCUT2D eigenvalue weighted by Gasteiger charge is 2.38. The number of ether oxygens (including phenoxy) is 2. The van der Waals surface area contributed by atoms with Crippen LogP contribution in [0.25, 0.3) is 0 Å². The number of halogens is 3. The average Bonchev–Trinajstić information content (AvgIpc) is 2.65. The molecule has 0 aromatic heterocycles. The molecule has 0 N–H and O–H groups in total. The SMILES string of the molecule is CC(C)(C)[Si](C)(C)OCCOC(=O)c1cc(F)c(F)c(OCCO[Si](C)(C)C(C)(C)C)c1F. The number of benzene rings is 1. The van der Waals surface area contributed by atoms with Crippen molar-refractivity contribution in [3.05, 3.63) is 29.1 Å². The zero-order chi connectivity index (χ0) is 25.8. The molecule has 0 aliphatic heterocycles. The maximum Gasteiger partial charge on any atom is 0.341 e. The van der Waals surface area contributed by atoms with E-state index in [-0.39, 0.29) is 36.5 Å². The normalized spacial score (nSPS) is 13.2. The number of carbonyl (C=O) groups is 1. The van der Waals surface area contributed by atoms with Gasteiger partial charge < -0.3 is 18.3 Å². The van der Waals surface area contributed by atoms with Crippen LogP contribution in [0.1, 0.15) is 51.9 Å². The molecule has 1 aromatic rings. The molecule has 0 saturated heterocycles. The molecule has 0 aliphatic rings. The maximum atomic E-state index is 14.8. The molecule has 0 radical (unpaired) electrons. The van der Waals surface area contributed by atoms with Gasteiger partial charge in [-0.05, 0) is 42.3 Å². The summed E-state index contributed by atoms with van der Waals surface area (Å²) in [6, 6.07) is 0.473. The van der Waals surface area contributed by atoms with Gasteiger partial charge in [0, 0.05) is 0 Å². The van der Waals surface area contributed by atoms with Crippen molar-refractivity contribution < 1.29 is 36.3 Å². The number of carbonyl (C=O) groups excluding carboxylic acids is 1. The minimum atomic E-state index is -2.08. The second-order valence-electron chi connectivity index (χ2n) is 11.1. The molecule has 0 saturated carbocycles. The predicted octanol–water partition coefficient (Wildman–Crippen LogP) is 6.68. The first-order valence-electron chi connectivity index (χ1n) is 11.1. The van der Waals surface area contributed by atoms with Crippen LogP contribution in [0.4, 0.5) is 13.2 Å². The van der Waals surface area contributed by atoms with Gasteiger partial charge in [-0.1, -0.05) is 41.5 Å². The summed E-state index contributed by atoms with van der Waals surface area (Å²) in [7, 11) is -4.12. The van der Waals surface area contributed by atoms with Crippen molar-refractivity contribution in [3.8, 4) is 5.75 Å². The molecule has 0 aliphatic carbocycles. The van der Waals surface area contributed by atoms with Gasteiger partial charge in [-0.3, -0.25) is 0 Å². The third-order valence-corrected chi connectivity index (χ3v) is 15.6. The van der Waals surface area contributed by atoms with Gasteiger partial charge in [-0.2, -0.15) is 4.39 Å². The van der Waals surface area contributed by atoms with E-state index in [0.29, 0.717) is 6.07 Å². The smallest absolute Gasteiger partial charge is 0.341 e. The zero-order valence-electron chi connectivity index (χ0n) is 21.6. The second-order valence-corrected chi connectivity index (χ2v) is 20.7. The first-order valence-corrected chi connectivity index (χ1v) is 16.9. The van der Waals surface area contributed by atoms with E-state index in [4.69, 9.17) is 18.3 Å². The van der Waals surface area contributed by atoms with Gasteiger partial charge in [0.1, 0.15) is 18.8 Å². The van der Waals surface area contributed by atoms with E-state index < -0.39 is 51.4 Å². The minimum Gasteiger partial charge on any atom is -0.485 e. The van der Waals surface area contributed by atoms with Crippen molar-refractivity contribution >= 4 is 22.6 Å². The molecule has 33 heavy (non-hydrogen) atoms. The Morgan fingerprint density at radius 2 is 1.24 bits per heavy atom. The van der Waals surface area contributed by atoms with Crippen LogP contribution in [0.15, 0.2) is 6.07 Å². The number of rotatable bonds is 10. The van der Waals surface area contributed by atoms with Crippen LogP contribution in [0.3, 0.4) is 0 Å². The molecule has 0 bridgehead atoms. The highest BCUT2D eigenvalue weighted by atomic mass is 28.4. The molecule has 1 rings (SSSR count). The Hall–Kier alpha value is -1.37. The van der Waals surface area contributed by atoms with Crippen LogP contribution in [-0.2, 0) is 13.6 Å². The summed E-state index contributed by atoms with van der Waals surface area (Å²) in [6.45, 7) is 20.4. The van der Waals surface area contributed by atoms with Gasteiger partial charge in [0.15, 0.2) is 34.0 Å². The lowest BCUT2D eigenvalue weighted by atomic mass is 10.2. The second kappa shape index (κ2) is 10.9. The highest BCUT2D eigenvalue weighted by Crippen LogP contribution is 2.37. The number of esters is 1. The van der Waals surface area contributed by atoms with Crippen LogP contribution in [0, 0.1) is 17.5 Å². The topological polar surface area (TPSA) is 54.0 Å². The van der Waals surface area contributed by atoms with Gasteiger partial charge in [0.25, 0.3) is 0 Å². The van der Waals surface area contributed by atoms with E-state index in [1.54, 1.807) is 0 Å². The molecule has 190 valence electrons. The maximum absolute atomic E-state index is 14.8. The molecule has 0 spiro atoms. The van der Waals surface area contributed by atoms with Crippen LogP contribution in [0.2, 0.25) is 36.3 Å². The monoisotopic (exact) mass is 508 g/mol. The first-order chi connectivity index (χ1) is 14.8. The summed E-state index contributed by atoms with van der Waals surface area (Å²) in [5.74, 6) is -6.29. The third kappa shape index (κ3) is 7.83. The van der Waals surface area contributed by atoms with E-state index in [9.17, 15) is 18.0 Å². The van der Waals surface area contributed by atoms with Crippen LogP contribution < -0.4 is 4.74 Å². The van der Waals surface area contributed by atoms with Gasteiger partial charge in [-0.15, -0.1) is 0 Å². The summed E-state index contributed by atoms with van der Waals surface area (Å²) >= 11 is 0. The molecule has 10 heteroatoms. The summed E-state index contributed by atoms with van der Waals surface area (Å²) in [5, 5.41) is -0.0721. The molecule has 0 fully saturated rings. The van der Waals surface area contributed by atoms with Crippen molar-refractivity contribution in [1.82, 2.24) is 0 Å². The molecule has 5 nitrogen and oxygen atoms in total. The molecule has 0 unspecified atom stereocenters. The number of hydrogen-bond donors (Lipinski definition) is 0. The lowest BCUT2D eigenvalue weighted by molar-refractivity contribution is 0.0434. The van der Waals surface area contributed by atoms with E-state index in [2.05, 4.69) is 41.5 Å². The molecule has 0 heterocycles. The van der Waals surface area contributed by atoms with Crippen molar-refractivity contribution in [2.75, 3.05) is 26.4 Å². The fraction of sp³-hybridized carbons (Fsp3) is 0.696. The van der Waals surface area contributed by atoms with E-state index in [1.807, 2.05) is 26.2 Å². The Morgan fingerprint density at radius 3 is 1.70 bits per heavy atom. The molecular formula is C23H39F3O5Si2. The molecule has 1 aromatic carbocycles. The van der Waals surface area contributed by atoms with Crippen LogP contribution >= 0.6 is 0 Å². The van der Waals surface area contributed by atoms with Crippen LogP contribution in [-0.4, -0.2) is 49.0 Å². The fourth-order valence-corrected chi connectivity index (χ4v) is 4.29. The summed E-state index contributed by atoms with van der Waals surface area (Å²) in [5.41, 5.74) is -0.735. The van der Waals surface area contributed by atoms with Gasteiger partial charge in [0.2, 0.25) is 5.82 Å². The minimum absolute atomic E-state index is 0.0241. The fourth-order valence-electron chi connectivity index (χ4n) is 2.24. The summed E-state index contributed by atoms with van der Waals surface area (Å²) in [4.78, 5) is 12.3. The van der Waals surface area contributed by atoms with Gasteiger partial charge >= 0.3 is 5.97 Å². The quantitative estimate of drug-likeness (QED) is 0.153. The molecule has 0 amide bonds. The van der Waals surface area contributed by atoms with Gasteiger partial charge in [-0.25, -0.2) is 13.6 Å². The summed E-state index contributed by atoms with van der Waals surface area (Å²) < 4.78 is 64.9. The van der Waals surface area contributed by atoms with E-state index in [0.717, 1.165) is 0 Å². The number of hydrogen-bond acceptors (Lipinski definition) is 5. The summed E-state index contributed by atoms with van der Waals surface area (Å²) in [6.07, 6.45) is 0. The van der Waals surface area contributed by atoms with Crippen LogP contribution in [0.5, 0.6) is 5.75 Å². The lowest BCUT2D eigenvalue weighted by Gasteiger charge is -2.36. The predicted molar refractivity (Wildman–Crippen MR) is 128 cm³/mol. The van der Waals surface area contributed by atoms with E-state index >= 15 is 0 Å². The first kappa shape index (κ1) is 29.7. The van der Waals surface area contributed by atoms with Gasteiger partial charge in [0.05, 0.1) is 13.2 Å².